The van der Waals surface area contributed by atoms with E-state index in [0.29, 0.717) is 6.42 Å². The van der Waals surface area contributed by atoms with E-state index < -0.39 is 0 Å². The van der Waals surface area contributed by atoms with Gasteiger partial charge in [0, 0.05) is 26.2 Å². The standard InChI is InChI=1S/C11H13FN2O/c1-14(2)11(15)10-5-7-3-4-8(12)6-9(7)13-10/h3-4,6,10,13H,5H2,1-2H3. The van der Waals surface area contributed by atoms with Crippen LogP contribution < -0.4 is 5.32 Å². The Kier molecular flexibility index (Phi) is 2.34. The van der Waals surface area contributed by atoms with E-state index in [1.807, 2.05) is 0 Å². The summed E-state index contributed by atoms with van der Waals surface area (Å²) in [6.45, 7) is 0. The highest BCUT2D eigenvalue weighted by molar-refractivity contribution is 5.87. The zero-order valence-corrected chi connectivity index (χ0v) is 8.75. The Hall–Kier alpha value is -1.58. The lowest BCUT2D eigenvalue weighted by atomic mass is 10.1. The van der Waals surface area contributed by atoms with Crippen molar-refractivity contribution in [3.8, 4) is 0 Å². The zero-order chi connectivity index (χ0) is 11.0. The maximum atomic E-state index is 12.9. The summed E-state index contributed by atoms with van der Waals surface area (Å²) in [6, 6.07) is 4.32. The number of anilines is 1. The van der Waals surface area contributed by atoms with Crippen LogP contribution in [-0.4, -0.2) is 30.9 Å². The maximum Gasteiger partial charge on any atom is 0.244 e. The third-order valence-corrected chi connectivity index (χ3v) is 2.56. The van der Waals surface area contributed by atoms with Crippen LogP contribution in [-0.2, 0) is 11.2 Å². The monoisotopic (exact) mass is 208 g/mol. The van der Waals surface area contributed by atoms with Crippen LogP contribution in [0.1, 0.15) is 5.56 Å². The minimum absolute atomic E-state index is 0.0200. The number of amides is 1. The van der Waals surface area contributed by atoms with Gasteiger partial charge >= 0.3 is 0 Å². The van der Waals surface area contributed by atoms with E-state index in [0.717, 1.165) is 11.3 Å². The normalized spacial score (nSPS) is 18.2. The minimum Gasteiger partial charge on any atom is -0.373 e. The van der Waals surface area contributed by atoms with Crippen molar-refractivity contribution in [2.75, 3.05) is 19.4 Å². The summed E-state index contributed by atoms with van der Waals surface area (Å²) >= 11 is 0. The summed E-state index contributed by atoms with van der Waals surface area (Å²) in [4.78, 5) is 13.2. The van der Waals surface area contributed by atoms with Gasteiger partial charge in [0.05, 0.1) is 0 Å². The molecule has 2 rings (SSSR count). The molecular weight excluding hydrogens is 195 g/mol. The second kappa shape index (κ2) is 3.53. The Morgan fingerprint density at radius 3 is 2.93 bits per heavy atom. The molecular formula is C11H13FN2O. The summed E-state index contributed by atoms with van der Waals surface area (Å²) in [5, 5.41) is 3.03. The number of likely N-dealkylation sites (N-methyl/N-ethyl adjacent to an activating group) is 1. The first-order valence-electron chi connectivity index (χ1n) is 4.84. The van der Waals surface area contributed by atoms with Crippen molar-refractivity contribution in [3.63, 3.8) is 0 Å². The maximum absolute atomic E-state index is 12.9. The number of hydrogen-bond acceptors (Lipinski definition) is 2. The zero-order valence-electron chi connectivity index (χ0n) is 8.75. The van der Waals surface area contributed by atoms with Crippen LogP contribution in [0, 0.1) is 5.82 Å². The van der Waals surface area contributed by atoms with Gasteiger partial charge in [-0.1, -0.05) is 6.07 Å². The second-order valence-corrected chi connectivity index (χ2v) is 3.94. The molecule has 0 saturated heterocycles. The van der Waals surface area contributed by atoms with Gasteiger partial charge in [-0.3, -0.25) is 4.79 Å². The smallest absolute Gasteiger partial charge is 0.244 e. The lowest BCUT2D eigenvalue weighted by Gasteiger charge is -2.16. The Balaban J connectivity index is 2.19. The molecule has 1 aliphatic heterocycles. The first kappa shape index (κ1) is 9.96. The van der Waals surface area contributed by atoms with E-state index in [-0.39, 0.29) is 17.8 Å². The number of carbonyl (C=O) groups excluding carboxylic acids is 1. The largest absolute Gasteiger partial charge is 0.373 e. The molecule has 0 saturated carbocycles. The van der Waals surface area contributed by atoms with Gasteiger partial charge in [-0.15, -0.1) is 0 Å². The summed E-state index contributed by atoms with van der Waals surface area (Å²) in [5.74, 6) is -0.259. The first-order valence-corrected chi connectivity index (χ1v) is 4.84. The van der Waals surface area contributed by atoms with Crippen LogP contribution in [0.2, 0.25) is 0 Å². The topological polar surface area (TPSA) is 32.3 Å². The minimum atomic E-state index is -0.279. The van der Waals surface area contributed by atoms with Gasteiger partial charge < -0.3 is 10.2 Å². The van der Waals surface area contributed by atoms with Gasteiger partial charge in [0.2, 0.25) is 5.91 Å². The van der Waals surface area contributed by atoms with Crippen LogP contribution >= 0.6 is 0 Å². The van der Waals surface area contributed by atoms with Gasteiger partial charge in [-0.25, -0.2) is 4.39 Å². The average molecular weight is 208 g/mol. The quantitative estimate of drug-likeness (QED) is 0.753. The molecule has 1 amide bonds. The fraction of sp³-hybridized carbons (Fsp3) is 0.364. The second-order valence-electron chi connectivity index (χ2n) is 3.94. The van der Waals surface area contributed by atoms with Crippen molar-refractivity contribution in [2.24, 2.45) is 0 Å². The van der Waals surface area contributed by atoms with Crippen LogP contribution in [0.15, 0.2) is 18.2 Å². The molecule has 0 aliphatic carbocycles. The van der Waals surface area contributed by atoms with Crippen molar-refractivity contribution in [1.82, 2.24) is 4.90 Å². The molecule has 3 nitrogen and oxygen atoms in total. The number of nitrogens with one attached hydrogen (secondary N) is 1. The number of halogens is 1. The van der Waals surface area contributed by atoms with E-state index in [2.05, 4.69) is 5.32 Å². The van der Waals surface area contributed by atoms with Crippen molar-refractivity contribution in [1.29, 1.82) is 0 Å². The SMILES string of the molecule is CN(C)C(=O)C1Cc2ccc(F)cc2N1. The fourth-order valence-corrected chi connectivity index (χ4v) is 1.78. The highest BCUT2D eigenvalue weighted by Crippen LogP contribution is 2.26. The predicted molar refractivity (Wildman–Crippen MR) is 56.2 cm³/mol. The number of benzene rings is 1. The van der Waals surface area contributed by atoms with Crippen LogP contribution in [0.4, 0.5) is 10.1 Å². The molecule has 80 valence electrons. The third kappa shape index (κ3) is 1.79. The van der Waals surface area contributed by atoms with Gasteiger partial charge in [0.1, 0.15) is 11.9 Å². The van der Waals surface area contributed by atoms with Crippen LogP contribution in [0.3, 0.4) is 0 Å². The molecule has 0 spiro atoms. The lowest BCUT2D eigenvalue weighted by molar-refractivity contribution is -0.129. The van der Waals surface area contributed by atoms with Gasteiger partial charge in [0.25, 0.3) is 0 Å². The molecule has 1 aliphatic rings. The van der Waals surface area contributed by atoms with E-state index in [1.165, 1.54) is 12.1 Å². The summed E-state index contributed by atoms with van der Waals surface area (Å²) in [7, 11) is 3.43. The van der Waals surface area contributed by atoms with Gasteiger partial charge in [-0.05, 0) is 17.7 Å². The van der Waals surface area contributed by atoms with E-state index in [1.54, 1.807) is 25.1 Å². The average Bonchev–Trinajstić information content (AvgIpc) is 2.58. The van der Waals surface area contributed by atoms with Crippen molar-refractivity contribution < 1.29 is 9.18 Å². The molecule has 1 aromatic rings. The molecule has 1 aromatic carbocycles. The van der Waals surface area contributed by atoms with E-state index >= 15 is 0 Å². The van der Waals surface area contributed by atoms with E-state index in [9.17, 15) is 9.18 Å². The number of fused-ring (bicyclic) bond motifs is 1. The lowest BCUT2D eigenvalue weighted by Crippen LogP contribution is -2.37. The highest BCUT2D eigenvalue weighted by Gasteiger charge is 2.27. The Morgan fingerprint density at radius 1 is 1.53 bits per heavy atom. The van der Waals surface area contributed by atoms with Crippen molar-refractivity contribution in [2.45, 2.75) is 12.5 Å². The number of nitrogens with zero attached hydrogens (tertiary/aromatic N) is 1. The molecule has 4 heteroatoms. The summed E-state index contributed by atoms with van der Waals surface area (Å²) in [6.07, 6.45) is 0.632. The molecule has 0 aromatic heterocycles. The molecule has 1 heterocycles. The van der Waals surface area contributed by atoms with Gasteiger partial charge in [-0.2, -0.15) is 0 Å². The number of carbonyl (C=O) groups is 1. The molecule has 1 N–H and O–H groups in total. The Morgan fingerprint density at radius 2 is 2.27 bits per heavy atom. The molecule has 15 heavy (non-hydrogen) atoms. The summed E-state index contributed by atoms with van der Waals surface area (Å²) < 4.78 is 12.9. The van der Waals surface area contributed by atoms with Gasteiger partial charge in [0.15, 0.2) is 0 Å². The Labute approximate surface area is 87.9 Å². The first-order chi connectivity index (χ1) is 7.08. The summed E-state index contributed by atoms with van der Waals surface area (Å²) in [5.41, 5.74) is 1.73. The van der Waals surface area contributed by atoms with Crippen LogP contribution in [0.5, 0.6) is 0 Å². The third-order valence-electron chi connectivity index (χ3n) is 2.56. The molecule has 0 bridgehead atoms. The number of hydrogen-bond donors (Lipinski definition) is 1. The van der Waals surface area contributed by atoms with Crippen molar-refractivity contribution in [3.05, 3.63) is 29.6 Å². The molecule has 0 radical (unpaired) electrons. The molecule has 1 unspecified atom stereocenters. The number of rotatable bonds is 1. The predicted octanol–water partition coefficient (Wildman–Crippen LogP) is 1.25. The van der Waals surface area contributed by atoms with Crippen molar-refractivity contribution >= 4 is 11.6 Å². The molecule has 1 atom stereocenters. The van der Waals surface area contributed by atoms with E-state index in [4.69, 9.17) is 0 Å². The Bertz CT molecular complexity index is 404. The van der Waals surface area contributed by atoms with Crippen LogP contribution in [0.25, 0.3) is 0 Å². The molecule has 0 fully saturated rings. The highest BCUT2D eigenvalue weighted by atomic mass is 19.1. The fourth-order valence-electron chi connectivity index (χ4n) is 1.78.